The first kappa shape index (κ1) is 22.8. The van der Waals surface area contributed by atoms with E-state index >= 15 is 0 Å². The maximum Gasteiger partial charge on any atom is 0.230 e. The molecular formula is C22H33N5O2S. The SMILES string of the molecule is CC(C)OCCCNC(=O)CSc1nnc(CN2CCCCC2)n1-c1ccccc1. The van der Waals surface area contributed by atoms with Crippen molar-refractivity contribution in [3.05, 3.63) is 36.2 Å². The third-order valence-electron chi connectivity index (χ3n) is 4.96. The number of nitrogens with one attached hydrogen (secondary N) is 1. The number of thioether (sulfide) groups is 1. The molecule has 1 amide bonds. The highest BCUT2D eigenvalue weighted by molar-refractivity contribution is 7.99. The molecule has 7 nitrogen and oxygen atoms in total. The summed E-state index contributed by atoms with van der Waals surface area (Å²) in [4.78, 5) is 14.7. The molecular weight excluding hydrogens is 398 g/mol. The van der Waals surface area contributed by atoms with E-state index in [9.17, 15) is 4.79 Å². The van der Waals surface area contributed by atoms with E-state index in [1.54, 1.807) is 0 Å². The molecule has 8 heteroatoms. The lowest BCUT2D eigenvalue weighted by molar-refractivity contribution is -0.118. The van der Waals surface area contributed by atoms with Gasteiger partial charge < -0.3 is 10.1 Å². The smallest absolute Gasteiger partial charge is 0.230 e. The molecule has 1 aliphatic rings. The number of likely N-dealkylation sites (tertiary alicyclic amines) is 1. The molecule has 0 radical (unpaired) electrons. The second kappa shape index (κ2) is 12.1. The molecule has 0 aliphatic carbocycles. The van der Waals surface area contributed by atoms with E-state index in [0.29, 0.717) is 18.9 Å². The number of carbonyl (C=O) groups excluding carboxylic acids is 1. The molecule has 3 rings (SSSR count). The summed E-state index contributed by atoms with van der Waals surface area (Å²) in [5.74, 6) is 1.25. The monoisotopic (exact) mass is 431 g/mol. The molecule has 1 fully saturated rings. The van der Waals surface area contributed by atoms with Crippen LogP contribution in [0.15, 0.2) is 35.5 Å². The van der Waals surface area contributed by atoms with Crippen molar-refractivity contribution in [3.8, 4) is 5.69 Å². The van der Waals surface area contributed by atoms with Crippen LogP contribution in [0.5, 0.6) is 0 Å². The van der Waals surface area contributed by atoms with E-state index in [-0.39, 0.29) is 12.0 Å². The number of piperidine rings is 1. The van der Waals surface area contributed by atoms with Crippen LogP contribution in [0.1, 0.15) is 45.4 Å². The molecule has 164 valence electrons. The highest BCUT2D eigenvalue weighted by Gasteiger charge is 2.19. The Kier molecular flexibility index (Phi) is 9.17. The Morgan fingerprint density at radius 3 is 2.67 bits per heavy atom. The molecule has 1 aliphatic heterocycles. The van der Waals surface area contributed by atoms with E-state index < -0.39 is 0 Å². The van der Waals surface area contributed by atoms with Gasteiger partial charge in [-0.2, -0.15) is 0 Å². The Morgan fingerprint density at radius 2 is 1.93 bits per heavy atom. The van der Waals surface area contributed by atoms with Gasteiger partial charge in [-0.15, -0.1) is 10.2 Å². The fraction of sp³-hybridized carbons (Fsp3) is 0.591. The van der Waals surface area contributed by atoms with Crippen molar-refractivity contribution in [1.29, 1.82) is 0 Å². The maximum atomic E-state index is 12.2. The number of para-hydroxylation sites is 1. The predicted octanol–water partition coefficient (Wildman–Crippen LogP) is 3.28. The lowest BCUT2D eigenvalue weighted by Gasteiger charge is -2.26. The lowest BCUT2D eigenvalue weighted by Crippen LogP contribution is -2.30. The summed E-state index contributed by atoms with van der Waals surface area (Å²) in [7, 11) is 0. The number of rotatable bonds is 11. The molecule has 0 unspecified atom stereocenters. The zero-order valence-electron chi connectivity index (χ0n) is 18.0. The summed E-state index contributed by atoms with van der Waals surface area (Å²) in [6.07, 6.45) is 4.82. The minimum Gasteiger partial charge on any atom is -0.379 e. The minimum atomic E-state index is 0.00439. The predicted molar refractivity (Wildman–Crippen MR) is 120 cm³/mol. The van der Waals surface area contributed by atoms with Gasteiger partial charge in [0.15, 0.2) is 11.0 Å². The van der Waals surface area contributed by atoms with Gasteiger partial charge in [0, 0.05) is 18.8 Å². The second-order valence-corrected chi connectivity index (χ2v) is 8.76. The van der Waals surface area contributed by atoms with Crippen molar-refractivity contribution in [1.82, 2.24) is 25.0 Å². The van der Waals surface area contributed by atoms with Crippen LogP contribution >= 0.6 is 11.8 Å². The van der Waals surface area contributed by atoms with Crippen molar-refractivity contribution < 1.29 is 9.53 Å². The van der Waals surface area contributed by atoms with Crippen LogP contribution in [-0.2, 0) is 16.1 Å². The lowest BCUT2D eigenvalue weighted by atomic mass is 10.1. The van der Waals surface area contributed by atoms with Crippen LogP contribution < -0.4 is 5.32 Å². The topological polar surface area (TPSA) is 72.3 Å². The number of aromatic nitrogens is 3. The summed E-state index contributed by atoms with van der Waals surface area (Å²) in [5, 5.41) is 12.6. The Hall–Kier alpha value is -1.90. The number of hydrogen-bond donors (Lipinski definition) is 1. The van der Waals surface area contributed by atoms with Gasteiger partial charge in [-0.1, -0.05) is 36.4 Å². The molecule has 0 atom stereocenters. The quantitative estimate of drug-likeness (QED) is 0.435. The van der Waals surface area contributed by atoms with Crippen LogP contribution in [0.4, 0.5) is 0 Å². The molecule has 0 spiro atoms. The molecule has 2 heterocycles. The Labute approximate surface area is 183 Å². The zero-order chi connectivity index (χ0) is 21.2. The first-order valence-electron chi connectivity index (χ1n) is 10.9. The molecule has 1 saturated heterocycles. The van der Waals surface area contributed by atoms with E-state index in [1.165, 1.54) is 31.0 Å². The number of benzene rings is 1. The fourth-order valence-corrected chi connectivity index (χ4v) is 4.25. The van der Waals surface area contributed by atoms with Gasteiger partial charge in [0.2, 0.25) is 5.91 Å². The van der Waals surface area contributed by atoms with Gasteiger partial charge >= 0.3 is 0 Å². The third-order valence-corrected chi connectivity index (χ3v) is 5.88. The van der Waals surface area contributed by atoms with E-state index in [4.69, 9.17) is 4.74 Å². The van der Waals surface area contributed by atoms with Crippen LogP contribution in [0, 0.1) is 0 Å². The van der Waals surface area contributed by atoms with Gasteiger partial charge in [0.25, 0.3) is 0 Å². The first-order valence-corrected chi connectivity index (χ1v) is 11.8. The number of nitrogens with zero attached hydrogens (tertiary/aromatic N) is 4. The van der Waals surface area contributed by atoms with Crippen LogP contribution in [0.3, 0.4) is 0 Å². The van der Waals surface area contributed by atoms with E-state index in [1.807, 2.05) is 32.0 Å². The molecule has 2 aromatic rings. The minimum absolute atomic E-state index is 0.00439. The van der Waals surface area contributed by atoms with Crippen molar-refractivity contribution in [3.63, 3.8) is 0 Å². The van der Waals surface area contributed by atoms with Gasteiger partial charge in [-0.3, -0.25) is 14.3 Å². The van der Waals surface area contributed by atoms with Crippen LogP contribution in [0.25, 0.3) is 5.69 Å². The summed E-state index contributed by atoms with van der Waals surface area (Å²) < 4.78 is 7.59. The molecule has 30 heavy (non-hydrogen) atoms. The van der Waals surface area contributed by atoms with E-state index in [2.05, 4.69) is 37.1 Å². The Morgan fingerprint density at radius 1 is 1.17 bits per heavy atom. The van der Waals surface area contributed by atoms with Crippen LogP contribution in [0.2, 0.25) is 0 Å². The summed E-state index contributed by atoms with van der Waals surface area (Å²) in [6.45, 7) is 8.30. The zero-order valence-corrected chi connectivity index (χ0v) is 18.9. The van der Waals surface area contributed by atoms with Crippen molar-refractivity contribution in [2.24, 2.45) is 0 Å². The highest BCUT2D eigenvalue weighted by Crippen LogP contribution is 2.23. The summed E-state index contributed by atoms with van der Waals surface area (Å²) >= 11 is 1.43. The fourth-order valence-electron chi connectivity index (χ4n) is 3.45. The van der Waals surface area contributed by atoms with Crippen molar-refractivity contribution in [2.45, 2.75) is 57.3 Å². The van der Waals surface area contributed by atoms with Gasteiger partial charge in [0.1, 0.15) is 0 Å². The first-order chi connectivity index (χ1) is 14.6. The standard InChI is InChI=1S/C22H33N5O2S/c1-18(2)29-15-9-12-23-21(28)17-30-22-25-24-20(16-26-13-7-4-8-14-26)27(22)19-10-5-3-6-11-19/h3,5-6,10-11,18H,4,7-9,12-17H2,1-2H3,(H,23,28). The molecule has 1 N–H and O–H groups in total. The molecule has 0 saturated carbocycles. The summed E-state index contributed by atoms with van der Waals surface area (Å²) in [6, 6.07) is 10.1. The largest absolute Gasteiger partial charge is 0.379 e. The number of hydrogen-bond acceptors (Lipinski definition) is 6. The van der Waals surface area contributed by atoms with Gasteiger partial charge in [0.05, 0.1) is 18.4 Å². The molecule has 0 bridgehead atoms. The van der Waals surface area contributed by atoms with E-state index in [0.717, 1.165) is 42.7 Å². The Bertz CT molecular complexity index is 775. The summed E-state index contributed by atoms with van der Waals surface area (Å²) in [5.41, 5.74) is 1.03. The number of carbonyl (C=O) groups is 1. The number of ether oxygens (including phenoxy) is 1. The van der Waals surface area contributed by atoms with Crippen LogP contribution in [-0.4, -0.2) is 63.7 Å². The van der Waals surface area contributed by atoms with Gasteiger partial charge in [-0.05, 0) is 58.3 Å². The Balaban J connectivity index is 1.59. The van der Waals surface area contributed by atoms with Gasteiger partial charge in [-0.25, -0.2) is 0 Å². The highest BCUT2D eigenvalue weighted by atomic mass is 32.2. The number of amides is 1. The average molecular weight is 432 g/mol. The third kappa shape index (κ3) is 7.11. The average Bonchev–Trinajstić information content (AvgIpc) is 3.15. The van der Waals surface area contributed by atoms with Crippen molar-refractivity contribution >= 4 is 17.7 Å². The second-order valence-electron chi connectivity index (χ2n) is 7.82. The van der Waals surface area contributed by atoms with Crippen molar-refractivity contribution in [2.75, 3.05) is 32.0 Å². The maximum absolute atomic E-state index is 12.2. The normalized spacial score (nSPS) is 14.9. The molecule has 1 aromatic carbocycles. The molecule has 1 aromatic heterocycles.